The van der Waals surface area contributed by atoms with Gasteiger partial charge in [-0.2, -0.15) is 0 Å². The normalized spacial score (nSPS) is 13.2. The third-order valence-electron chi connectivity index (χ3n) is 3.31. The summed E-state index contributed by atoms with van der Waals surface area (Å²) < 4.78 is 0. The van der Waals surface area contributed by atoms with Crippen LogP contribution in [0.15, 0.2) is 12.1 Å². The lowest BCUT2D eigenvalue weighted by Gasteiger charge is -2.22. The zero-order valence-electron chi connectivity index (χ0n) is 10.5. The third-order valence-corrected chi connectivity index (χ3v) is 4.31. The summed E-state index contributed by atoms with van der Waals surface area (Å²) in [7, 11) is 0. The number of rotatable bonds is 4. The first-order valence-corrected chi connectivity index (χ1v) is 6.73. The van der Waals surface area contributed by atoms with Crippen molar-refractivity contribution in [3.63, 3.8) is 0 Å². The maximum Gasteiger partial charge on any atom is 0.0615 e. The van der Waals surface area contributed by atoms with Gasteiger partial charge in [-0.05, 0) is 42.5 Å². The summed E-state index contributed by atoms with van der Waals surface area (Å²) in [6.07, 6.45) is 2.23. The molecule has 1 unspecified atom stereocenters. The first-order chi connectivity index (χ1) is 7.51. The molecule has 0 saturated heterocycles. The monoisotopic (exact) mass is 258 g/mol. The fraction of sp³-hybridized carbons (Fsp3) is 0.571. The molecule has 0 fully saturated rings. The van der Waals surface area contributed by atoms with Gasteiger partial charge in [-0.1, -0.05) is 44.4 Å². The van der Waals surface area contributed by atoms with Crippen molar-refractivity contribution >= 4 is 23.2 Å². The van der Waals surface area contributed by atoms with E-state index >= 15 is 0 Å². The van der Waals surface area contributed by atoms with Gasteiger partial charge in [0.2, 0.25) is 0 Å². The highest BCUT2D eigenvalue weighted by atomic mass is 35.5. The fourth-order valence-electron chi connectivity index (χ4n) is 2.06. The van der Waals surface area contributed by atoms with E-state index < -0.39 is 0 Å². The molecule has 0 amide bonds. The lowest BCUT2D eigenvalue weighted by atomic mass is 9.91. The molecule has 16 heavy (non-hydrogen) atoms. The predicted octanol–water partition coefficient (Wildman–Crippen LogP) is 5.67. The van der Waals surface area contributed by atoms with Crippen LogP contribution in [0.3, 0.4) is 0 Å². The molecule has 1 aromatic carbocycles. The summed E-state index contributed by atoms with van der Waals surface area (Å²) in [5.74, 6) is 0.543. The number of benzene rings is 1. The van der Waals surface area contributed by atoms with Crippen molar-refractivity contribution in [3.8, 4) is 0 Å². The van der Waals surface area contributed by atoms with Crippen molar-refractivity contribution in [3.05, 3.63) is 33.8 Å². The van der Waals surface area contributed by atoms with E-state index in [2.05, 4.69) is 26.8 Å². The second-order valence-corrected chi connectivity index (χ2v) is 5.31. The van der Waals surface area contributed by atoms with Crippen molar-refractivity contribution in [2.24, 2.45) is 5.92 Å². The van der Waals surface area contributed by atoms with Gasteiger partial charge in [-0.15, -0.1) is 11.6 Å². The van der Waals surface area contributed by atoms with Gasteiger partial charge in [-0.25, -0.2) is 0 Å². The van der Waals surface area contributed by atoms with Crippen LogP contribution in [0.5, 0.6) is 0 Å². The molecule has 2 heteroatoms. The molecule has 0 aliphatic rings. The SMILES string of the molecule is CCC(CC)C(Cl)c1cc(C)c(Cl)cc1C. The van der Waals surface area contributed by atoms with Crippen LogP contribution in [-0.4, -0.2) is 0 Å². The molecular weight excluding hydrogens is 239 g/mol. The van der Waals surface area contributed by atoms with Gasteiger partial charge in [0.1, 0.15) is 0 Å². The summed E-state index contributed by atoms with van der Waals surface area (Å²) in [5, 5.41) is 0.931. The van der Waals surface area contributed by atoms with Crippen LogP contribution in [0.25, 0.3) is 0 Å². The maximum atomic E-state index is 6.56. The van der Waals surface area contributed by atoms with Gasteiger partial charge in [0, 0.05) is 5.02 Å². The van der Waals surface area contributed by atoms with Crippen LogP contribution < -0.4 is 0 Å². The van der Waals surface area contributed by atoms with E-state index in [0.717, 1.165) is 23.4 Å². The van der Waals surface area contributed by atoms with E-state index in [0.29, 0.717) is 5.92 Å². The molecular formula is C14H20Cl2. The predicted molar refractivity (Wildman–Crippen MR) is 73.6 cm³/mol. The zero-order valence-corrected chi connectivity index (χ0v) is 12.0. The molecule has 0 aliphatic carbocycles. The van der Waals surface area contributed by atoms with Crippen LogP contribution in [0.4, 0.5) is 0 Å². The minimum absolute atomic E-state index is 0.103. The van der Waals surface area contributed by atoms with Crippen molar-refractivity contribution in [1.29, 1.82) is 0 Å². The quantitative estimate of drug-likeness (QED) is 0.611. The second-order valence-electron chi connectivity index (χ2n) is 4.44. The Hall–Kier alpha value is -0.200. The standard InChI is InChI=1S/C14H20Cl2/c1-5-11(6-2)14(16)12-7-10(4)13(15)8-9(12)3/h7-8,11,14H,5-6H2,1-4H3. The van der Waals surface area contributed by atoms with Crippen molar-refractivity contribution in [2.45, 2.75) is 45.9 Å². The van der Waals surface area contributed by atoms with Gasteiger partial charge in [-0.3, -0.25) is 0 Å². The number of hydrogen-bond acceptors (Lipinski definition) is 0. The molecule has 0 bridgehead atoms. The maximum absolute atomic E-state index is 6.56. The van der Waals surface area contributed by atoms with Gasteiger partial charge in [0.25, 0.3) is 0 Å². The third kappa shape index (κ3) is 2.93. The molecule has 0 N–H and O–H groups in total. The van der Waals surface area contributed by atoms with E-state index in [1.54, 1.807) is 0 Å². The highest BCUT2D eigenvalue weighted by molar-refractivity contribution is 6.31. The molecule has 1 atom stereocenters. The first-order valence-electron chi connectivity index (χ1n) is 5.91. The Bertz CT molecular complexity index is 354. The summed E-state index contributed by atoms with van der Waals surface area (Å²) in [6, 6.07) is 4.15. The molecule has 90 valence electrons. The van der Waals surface area contributed by atoms with Crippen molar-refractivity contribution in [2.75, 3.05) is 0 Å². The minimum atomic E-state index is 0.103. The van der Waals surface area contributed by atoms with Gasteiger partial charge >= 0.3 is 0 Å². The molecule has 0 saturated carbocycles. The Kier molecular flexibility index (Phi) is 5.14. The number of alkyl halides is 1. The average Bonchev–Trinajstić information content (AvgIpc) is 2.25. The lowest BCUT2D eigenvalue weighted by molar-refractivity contribution is 0.475. The van der Waals surface area contributed by atoms with E-state index in [1.165, 1.54) is 11.1 Å². The summed E-state index contributed by atoms with van der Waals surface area (Å²) in [6.45, 7) is 8.50. The Morgan fingerprint density at radius 1 is 1.06 bits per heavy atom. The van der Waals surface area contributed by atoms with Crippen molar-refractivity contribution < 1.29 is 0 Å². The topological polar surface area (TPSA) is 0 Å². The number of hydrogen-bond donors (Lipinski definition) is 0. The highest BCUT2D eigenvalue weighted by Gasteiger charge is 2.20. The van der Waals surface area contributed by atoms with Crippen LogP contribution in [-0.2, 0) is 0 Å². The number of halogens is 2. The molecule has 0 spiro atoms. The molecule has 0 aliphatic heterocycles. The van der Waals surface area contributed by atoms with Crippen LogP contribution in [0.1, 0.15) is 48.8 Å². The Morgan fingerprint density at radius 2 is 1.62 bits per heavy atom. The summed E-state index contributed by atoms with van der Waals surface area (Å²) in [4.78, 5) is 0. The molecule has 0 radical (unpaired) electrons. The molecule has 1 rings (SSSR count). The minimum Gasteiger partial charge on any atom is -0.118 e. The van der Waals surface area contributed by atoms with E-state index in [1.807, 2.05) is 13.0 Å². The largest absolute Gasteiger partial charge is 0.118 e. The summed E-state index contributed by atoms with van der Waals surface area (Å²) in [5.41, 5.74) is 3.54. The van der Waals surface area contributed by atoms with Gasteiger partial charge < -0.3 is 0 Å². The Morgan fingerprint density at radius 3 is 2.12 bits per heavy atom. The zero-order chi connectivity index (χ0) is 12.3. The van der Waals surface area contributed by atoms with Crippen LogP contribution >= 0.6 is 23.2 Å². The fourth-order valence-corrected chi connectivity index (χ4v) is 2.87. The smallest absolute Gasteiger partial charge is 0.0615 e. The van der Waals surface area contributed by atoms with Crippen LogP contribution in [0.2, 0.25) is 5.02 Å². The lowest BCUT2D eigenvalue weighted by Crippen LogP contribution is -2.07. The molecule has 0 nitrogen and oxygen atoms in total. The van der Waals surface area contributed by atoms with E-state index in [9.17, 15) is 0 Å². The highest BCUT2D eigenvalue weighted by Crippen LogP contribution is 2.36. The molecule has 0 heterocycles. The van der Waals surface area contributed by atoms with Gasteiger partial charge in [0.15, 0.2) is 0 Å². The van der Waals surface area contributed by atoms with E-state index in [4.69, 9.17) is 23.2 Å². The van der Waals surface area contributed by atoms with Crippen molar-refractivity contribution in [1.82, 2.24) is 0 Å². The summed E-state index contributed by atoms with van der Waals surface area (Å²) >= 11 is 12.7. The second kappa shape index (κ2) is 5.93. The molecule has 0 aromatic heterocycles. The Balaban J connectivity index is 3.07. The van der Waals surface area contributed by atoms with Gasteiger partial charge in [0.05, 0.1) is 5.38 Å². The number of aryl methyl sites for hydroxylation is 2. The van der Waals surface area contributed by atoms with E-state index in [-0.39, 0.29) is 5.38 Å². The first kappa shape index (κ1) is 13.9. The van der Waals surface area contributed by atoms with Crippen LogP contribution in [0, 0.1) is 19.8 Å². The average molecular weight is 259 g/mol. The molecule has 1 aromatic rings. The Labute approximate surface area is 109 Å².